The van der Waals surface area contributed by atoms with E-state index in [2.05, 4.69) is 98.8 Å². The predicted octanol–water partition coefficient (Wildman–Crippen LogP) is 9.38. The number of ether oxygens (including phenoxy) is 4. The zero-order valence-corrected chi connectivity index (χ0v) is 31.4. The third-order valence-electron chi connectivity index (χ3n) is 10.0. The second-order valence-corrected chi connectivity index (χ2v) is 15.3. The molecule has 0 unspecified atom stereocenters. The van der Waals surface area contributed by atoms with Gasteiger partial charge in [-0.15, -0.1) is 0 Å². The molecule has 260 valence electrons. The molecule has 0 radical (unpaired) electrons. The first-order valence-corrected chi connectivity index (χ1v) is 19.3. The van der Waals surface area contributed by atoms with Crippen molar-refractivity contribution >= 4 is 29.7 Å². The molecule has 8 heteroatoms. The summed E-state index contributed by atoms with van der Waals surface area (Å²) in [4.78, 5) is 0. The van der Waals surface area contributed by atoms with Crippen molar-refractivity contribution in [2.45, 2.75) is 127 Å². The molecular weight excluding hydrogens is 714 g/mol. The summed E-state index contributed by atoms with van der Waals surface area (Å²) in [6.45, 7) is 10.2. The van der Waals surface area contributed by atoms with Gasteiger partial charge >= 0.3 is 7.12 Å². The van der Waals surface area contributed by atoms with Crippen molar-refractivity contribution in [1.29, 1.82) is 0 Å². The summed E-state index contributed by atoms with van der Waals surface area (Å²) in [6.07, 6.45) is 5.66. The molecule has 3 aromatic carbocycles. The van der Waals surface area contributed by atoms with Gasteiger partial charge < -0.3 is 28.3 Å². The summed E-state index contributed by atoms with van der Waals surface area (Å²) in [5, 5.41) is 0. The lowest BCUT2D eigenvalue weighted by molar-refractivity contribution is -0.224. The first kappa shape index (κ1) is 37.5. The van der Waals surface area contributed by atoms with Crippen molar-refractivity contribution < 1.29 is 28.3 Å². The van der Waals surface area contributed by atoms with Gasteiger partial charge in [0.25, 0.3) is 0 Å². The zero-order chi connectivity index (χ0) is 33.8. The molecule has 2 aliphatic rings. The maximum absolute atomic E-state index is 7.11. The molecule has 0 aliphatic carbocycles. The van der Waals surface area contributed by atoms with E-state index >= 15 is 0 Å². The normalized spacial score (nSPS) is 24.9. The monoisotopic (exact) mass is 768 g/mol. The molecule has 5 atom stereocenters. The molecule has 6 nitrogen and oxygen atoms in total. The van der Waals surface area contributed by atoms with Crippen LogP contribution < -0.4 is 0 Å². The largest absolute Gasteiger partial charge is 0.466 e. The maximum atomic E-state index is 7.11. The number of hydrogen-bond donors (Lipinski definition) is 0. The fourth-order valence-electron chi connectivity index (χ4n) is 6.58. The molecular formula is C40H54BIO6. The number of benzene rings is 3. The molecule has 0 saturated carbocycles. The third-order valence-corrected chi connectivity index (χ3v) is 10.8. The highest BCUT2D eigenvalue weighted by molar-refractivity contribution is 14.1. The van der Waals surface area contributed by atoms with Crippen molar-refractivity contribution in [2.75, 3.05) is 11.0 Å². The smallest absolute Gasteiger partial charge is 0.403 e. The molecule has 2 fully saturated rings. The van der Waals surface area contributed by atoms with E-state index in [1.165, 1.54) is 30.1 Å². The molecule has 5 rings (SSSR count). The first-order chi connectivity index (χ1) is 23.3. The minimum atomic E-state index is -0.506. The van der Waals surface area contributed by atoms with Crippen LogP contribution in [0.1, 0.15) is 82.9 Å². The van der Waals surface area contributed by atoms with Crippen molar-refractivity contribution in [3.8, 4) is 0 Å². The first-order valence-electron chi connectivity index (χ1n) is 17.8. The Morgan fingerprint density at radius 3 is 1.62 bits per heavy atom. The summed E-state index contributed by atoms with van der Waals surface area (Å²) in [6, 6.07) is 31.0. The SMILES string of the molecule is CC1(C)OB([C@@H]2[C@@H](OCc3ccccc3)[C@H](OCc3ccccc3)[C@@H](COCc3ccccc3)O[C@@H]2CCCCCCCI)OC1(C)C. The van der Waals surface area contributed by atoms with Gasteiger partial charge in [0.15, 0.2) is 0 Å². The van der Waals surface area contributed by atoms with Crippen LogP contribution in [0.15, 0.2) is 91.0 Å². The Labute approximate surface area is 302 Å². The Hall–Kier alpha value is -1.79. The van der Waals surface area contributed by atoms with Gasteiger partial charge in [-0.25, -0.2) is 0 Å². The Kier molecular flexibility index (Phi) is 14.4. The van der Waals surface area contributed by atoms with Crippen molar-refractivity contribution in [1.82, 2.24) is 0 Å². The Morgan fingerprint density at radius 1 is 0.604 bits per heavy atom. The molecule has 3 aromatic rings. The van der Waals surface area contributed by atoms with Crippen LogP contribution in [0.4, 0.5) is 0 Å². The average Bonchev–Trinajstić information content (AvgIpc) is 3.31. The molecule has 2 saturated heterocycles. The number of hydrogen-bond acceptors (Lipinski definition) is 6. The summed E-state index contributed by atoms with van der Waals surface area (Å²) in [5.74, 6) is -0.199. The topological polar surface area (TPSA) is 55.4 Å². The maximum Gasteiger partial charge on any atom is 0.466 e. The highest BCUT2D eigenvalue weighted by Gasteiger charge is 2.60. The quantitative estimate of drug-likeness (QED) is 0.0557. The lowest BCUT2D eigenvalue weighted by atomic mass is 9.61. The van der Waals surface area contributed by atoms with E-state index in [1.54, 1.807) is 0 Å². The minimum absolute atomic E-state index is 0.146. The fraction of sp³-hybridized carbons (Fsp3) is 0.550. The molecule has 0 spiro atoms. The molecule has 0 N–H and O–H groups in total. The van der Waals surface area contributed by atoms with Crippen LogP contribution >= 0.6 is 22.6 Å². The summed E-state index contributed by atoms with van der Waals surface area (Å²) in [5.41, 5.74) is 2.37. The van der Waals surface area contributed by atoms with Crippen LogP contribution in [0.5, 0.6) is 0 Å². The van der Waals surface area contributed by atoms with Crippen molar-refractivity contribution in [2.24, 2.45) is 0 Å². The standard InChI is InChI=1S/C40H54BIO6/c1-39(2)40(3,4)48-41(47-39)36-34(25-17-6-5-7-18-26-42)46-35(30-43-27-31-19-11-8-12-20-31)37(44-28-32-21-13-9-14-22-32)38(36)45-29-33-23-15-10-16-24-33/h8-16,19-24,34-38H,5-7,17-18,25-30H2,1-4H3/t34-,35-,36+,37-,38-/m1/s1. The molecule has 0 aromatic heterocycles. The van der Waals surface area contributed by atoms with Gasteiger partial charge in [0.1, 0.15) is 12.2 Å². The number of rotatable bonds is 18. The van der Waals surface area contributed by atoms with E-state index in [0.717, 1.165) is 29.5 Å². The Balaban J connectivity index is 1.45. The second-order valence-electron chi connectivity index (χ2n) is 14.2. The number of unbranched alkanes of at least 4 members (excludes halogenated alkanes) is 4. The summed E-state index contributed by atoms with van der Waals surface area (Å²) < 4.78 is 42.1. The molecule has 0 bridgehead atoms. The van der Waals surface area contributed by atoms with Crippen LogP contribution in [0.3, 0.4) is 0 Å². The van der Waals surface area contributed by atoms with Gasteiger partial charge in [-0.2, -0.15) is 0 Å². The zero-order valence-electron chi connectivity index (χ0n) is 29.2. The second kappa shape index (κ2) is 18.5. The van der Waals surface area contributed by atoms with Crippen LogP contribution in [0.25, 0.3) is 0 Å². The van der Waals surface area contributed by atoms with Gasteiger partial charge in [0, 0.05) is 5.82 Å². The number of halogens is 1. The van der Waals surface area contributed by atoms with Gasteiger partial charge in [-0.05, 0) is 61.7 Å². The van der Waals surface area contributed by atoms with E-state index in [1.807, 2.05) is 42.5 Å². The van der Waals surface area contributed by atoms with Crippen molar-refractivity contribution in [3.05, 3.63) is 108 Å². The fourth-order valence-corrected chi connectivity index (χ4v) is 7.12. The van der Waals surface area contributed by atoms with Crippen LogP contribution in [0, 0.1) is 0 Å². The summed E-state index contributed by atoms with van der Waals surface area (Å²) in [7, 11) is -0.506. The van der Waals surface area contributed by atoms with E-state index in [0.29, 0.717) is 26.4 Å². The highest BCUT2D eigenvalue weighted by atomic mass is 127. The summed E-state index contributed by atoms with van der Waals surface area (Å²) >= 11 is 2.47. The van der Waals surface area contributed by atoms with Crippen LogP contribution in [-0.4, -0.2) is 53.8 Å². The number of alkyl halides is 1. The lowest BCUT2D eigenvalue weighted by Crippen LogP contribution is -2.59. The van der Waals surface area contributed by atoms with Gasteiger partial charge in [0.05, 0.1) is 49.8 Å². The Bertz CT molecular complexity index is 1310. The predicted molar refractivity (Wildman–Crippen MR) is 201 cm³/mol. The van der Waals surface area contributed by atoms with E-state index in [-0.39, 0.29) is 24.1 Å². The highest BCUT2D eigenvalue weighted by Crippen LogP contribution is 2.47. The molecule has 0 amide bonds. The third kappa shape index (κ3) is 10.4. The molecule has 48 heavy (non-hydrogen) atoms. The van der Waals surface area contributed by atoms with Gasteiger partial charge in [-0.1, -0.05) is 139 Å². The van der Waals surface area contributed by atoms with E-state index in [9.17, 15) is 0 Å². The van der Waals surface area contributed by atoms with E-state index < -0.39 is 24.4 Å². The minimum Gasteiger partial charge on any atom is -0.403 e. The average molecular weight is 769 g/mol. The lowest BCUT2D eigenvalue weighted by Gasteiger charge is -2.47. The van der Waals surface area contributed by atoms with Gasteiger partial charge in [-0.3, -0.25) is 0 Å². The van der Waals surface area contributed by atoms with Crippen molar-refractivity contribution in [3.63, 3.8) is 0 Å². The van der Waals surface area contributed by atoms with Gasteiger partial charge in [0.2, 0.25) is 0 Å². The molecule has 2 aliphatic heterocycles. The van der Waals surface area contributed by atoms with Crippen LogP contribution in [-0.2, 0) is 48.1 Å². The van der Waals surface area contributed by atoms with Crippen LogP contribution in [0.2, 0.25) is 5.82 Å². The van der Waals surface area contributed by atoms with E-state index in [4.69, 9.17) is 28.3 Å². The molecule has 2 heterocycles. The Morgan fingerprint density at radius 2 is 1.08 bits per heavy atom.